The van der Waals surface area contributed by atoms with Crippen LogP contribution in [0.4, 0.5) is 0 Å². The molecule has 6 heteroatoms. The molecule has 1 N–H and O–H groups in total. The first kappa shape index (κ1) is 15.8. The largest absolute Gasteiger partial charge is 0.463 e. The fraction of sp³-hybridized carbons (Fsp3) is 0.0500. The molecule has 6 nitrogen and oxygen atoms in total. The summed E-state index contributed by atoms with van der Waals surface area (Å²) in [6.07, 6.45) is 2.96. The van der Waals surface area contributed by atoms with Gasteiger partial charge in [-0.1, -0.05) is 24.3 Å². The first-order valence-corrected chi connectivity index (χ1v) is 8.10. The second kappa shape index (κ2) is 6.68. The van der Waals surface area contributed by atoms with Crippen LogP contribution in [0.15, 0.2) is 81.2 Å². The van der Waals surface area contributed by atoms with Crippen molar-refractivity contribution in [1.29, 1.82) is 0 Å². The van der Waals surface area contributed by atoms with E-state index in [4.69, 9.17) is 4.42 Å². The highest BCUT2D eigenvalue weighted by molar-refractivity contribution is 5.95. The minimum atomic E-state index is -0.299. The summed E-state index contributed by atoms with van der Waals surface area (Å²) in [5, 5.41) is 5.06. The molecule has 0 aliphatic rings. The molecule has 0 aliphatic heterocycles. The van der Waals surface area contributed by atoms with E-state index in [2.05, 4.69) is 10.5 Å². The standard InChI is InChI=1S/C20H15N3O3/c24-19(22-21-12-14-6-5-11-26-14)13-23-17-9-3-1-7-15(17)20(25)16-8-2-4-10-18(16)23/h1-12H,13H2,(H,22,24)/b21-12-. The zero-order valence-electron chi connectivity index (χ0n) is 13.8. The van der Waals surface area contributed by atoms with Gasteiger partial charge in [-0.3, -0.25) is 9.59 Å². The molecule has 4 aromatic rings. The summed E-state index contributed by atoms with van der Waals surface area (Å²) in [6, 6.07) is 18.0. The summed E-state index contributed by atoms with van der Waals surface area (Å²) >= 11 is 0. The molecular formula is C20H15N3O3. The predicted octanol–water partition coefficient (Wildman–Crippen LogP) is 2.90. The van der Waals surface area contributed by atoms with Gasteiger partial charge in [-0.2, -0.15) is 5.10 Å². The summed E-state index contributed by atoms with van der Waals surface area (Å²) in [7, 11) is 0. The molecule has 4 rings (SSSR count). The lowest BCUT2D eigenvalue weighted by Crippen LogP contribution is -2.25. The van der Waals surface area contributed by atoms with Crippen LogP contribution in [0.1, 0.15) is 5.76 Å². The number of benzene rings is 2. The van der Waals surface area contributed by atoms with Crippen molar-refractivity contribution in [2.45, 2.75) is 6.54 Å². The third-order valence-electron chi connectivity index (χ3n) is 4.10. The van der Waals surface area contributed by atoms with Gasteiger partial charge in [-0.15, -0.1) is 0 Å². The smallest absolute Gasteiger partial charge is 0.260 e. The molecule has 0 saturated heterocycles. The van der Waals surface area contributed by atoms with E-state index in [1.54, 1.807) is 24.3 Å². The van der Waals surface area contributed by atoms with Gasteiger partial charge in [0.1, 0.15) is 12.3 Å². The molecule has 0 spiro atoms. The number of amides is 1. The van der Waals surface area contributed by atoms with Gasteiger partial charge in [0.25, 0.3) is 5.91 Å². The van der Waals surface area contributed by atoms with E-state index in [1.807, 2.05) is 41.0 Å². The molecule has 26 heavy (non-hydrogen) atoms. The minimum Gasteiger partial charge on any atom is -0.463 e. The number of nitrogens with one attached hydrogen (secondary N) is 1. The molecule has 0 fully saturated rings. The molecule has 0 atom stereocenters. The lowest BCUT2D eigenvalue weighted by molar-refractivity contribution is -0.121. The number of carbonyl (C=O) groups is 1. The summed E-state index contributed by atoms with van der Waals surface area (Å²) in [6.45, 7) is 0.0385. The Labute approximate surface area is 148 Å². The quantitative estimate of drug-likeness (QED) is 0.351. The second-order valence-corrected chi connectivity index (χ2v) is 5.76. The molecule has 128 valence electrons. The van der Waals surface area contributed by atoms with Gasteiger partial charge in [-0.05, 0) is 36.4 Å². The normalized spacial score (nSPS) is 11.4. The van der Waals surface area contributed by atoms with E-state index in [9.17, 15) is 9.59 Å². The van der Waals surface area contributed by atoms with Crippen LogP contribution in [0.2, 0.25) is 0 Å². The summed E-state index contributed by atoms with van der Waals surface area (Å²) in [5.41, 5.74) is 3.87. The first-order chi connectivity index (χ1) is 12.7. The van der Waals surface area contributed by atoms with E-state index in [1.165, 1.54) is 12.5 Å². The molecule has 0 saturated carbocycles. The molecule has 0 bridgehead atoms. The Morgan fingerprint density at radius 1 is 1.00 bits per heavy atom. The molecule has 0 unspecified atom stereocenters. The molecule has 1 amide bonds. The maximum atomic E-state index is 12.7. The molecule has 2 aromatic heterocycles. The Bertz CT molecular complexity index is 1110. The van der Waals surface area contributed by atoms with Crippen LogP contribution < -0.4 is 10.9 Å². The molecule has 0 aliphatic carbocycles. The number of pyridine rings is 1. The maximum Gasteiger partial charge on any atom is 0.260 e. The number of hydrogen-bond acceptors (Lipinski definition) is 4. The van der Waals surface area contributed by atoms with Crippen molar-refractivity contribution in [3.05, 3.63) is 82.9 Å². The number of furan rings is 1. The maximum absolute atomic E-state index is 12.7. The third kappa shape index (κ3) is 2.88. The van der Waals surface area contributed by atoms with E-state index in [0.717, 1.165) is 0 Å². The lowest BCUT2D eigenvalue weighted by Gasteiger charge is -2.14. The number of para-hydroxylation sites is 2. The van der Waals surface area contributed by atoms with Crippen LogP contribution in [0.3, 0.4) is 0 Å². The Kier molecular flexibility index (Phi) is 4.07. The van der Waals surface area contributed by atoms with Crippen LogP contribution in [-0.2, 0) is 11.3 Å². The van der Waals surface area contributed by atoms with Crippen LogP contribution >= 0.6 is 0 Å². The zero-order valence-corrected chi connectivity index (χ0v) is 13.8. The fourth-order valence-electron chi connectivity index (χ4n) is 2.96. The Morgan fingerprint density at radius 2 is 1.65 bits per heavy atom. The van der Waals surface area contributed by atoms with Crippen LogP contribution in [0.5, 0.6) is 0 Å². The number of carbonyl (C=O) groups excluding carboxylic acids is 1. The highest BCUT2D eigenvalue weighted by Crippen LogP contribution is 2.18. The molecule has 2 aromatic carbocycles. The second-order valence-electron chi connectivity index (χ2n) is 5.76. The van der Waals surface area contributed by atoms with Gasteiger partial charge >= 0.3 is 0 Å². The lowest BCUT2D eigenvalue weighted by atomic mass is 10.1. The number of fused-ring (bicyclic) bond motifs is 2. The van der Waals surface area contributed by atoms with Gasteiger partial charge in [0.2, 0.25) is 0 Å². The van der Waals surface area contributed by atoms with Crippen molar-refractivity contribution in [1.82, 2.24) is 9.99 Å². The van der Waals surface area contributed by atoms with E-state index >= 15 is 0 Å². The van der Waals surface area contributed by atoms with Crippen molar-refractivity contribution in [3.8, 4) is 0 Å². The fourth-order valence-corrected chi connectivity index (χ4v) is 2.96. The Balaban J connectivity index is 1.71. The van der Waals surface area contributed by atoms with Crippen molar-refractivity contribution in [2.75, 3.05) is 0 Å². The van der Waals surface area contributed by atoms with Gasteiger partial charge < -0.3 is 8.98 Å². The van der Waals surface area contributed by atoms with Crippen LogP contribution in [0, 0.1) is 0 Å². The van der Waals surface area contributed by atoms with Gasteiger partial charge in [-0.25, -0.2) is 5.43 Å². The average Bonchev–Trinajstić information content (AvgIpc) is 3.19. The van der Waals surface area contributed by atoms with Crippen molar-refractivity contribution < 1.29 is 9.21 Å². The van der Waals surface area contributed by atoms with Crippen molar-refractivity contribution in [3.63, 3.8) is 0 Å². The van der Waals surface area contributed by atoms with E-state index < -0.39 is 0 Å². The predicted molar refractivity (Wildman–Crippen MR) is 100 cm³/mol. The summed E-state index contributed by atoms with van der Waals surface area (Å²) in [4.78, 5) is 25.0. The minimum absolute atomic E-state index is 0.0382. The van der Waals surface area contributed by atoms with Gasteiger partial charge in [0.15, 0.2) is 5.43 Å². The molecule has 2 heterocycles. The molecule has 0 radical (unpaired) electrons. The monoisotopic (exact) mass is 345 g/mol. The SMILES string of the molecule is O=C(Cn1c2ccccc2c(=O)c2ccccc21)N/N=C\c1ccco1. The van der Waals surface area contributed by atoms with Gasteiger partial charge in [0.05, 0.1) is 23.5 Å². The number of nitrogens with zero attached hydrogens (tertiary/aromatic N) is 2. The topological polar surface area (TPSA) is 76.6 Å². The summed E-state index contributed by atoms with van der Waals surface area (Å²) in [5.74, 6) is 0.247. The van der Waals surface area contributed by atoms with Crippen LogP contribution in [-0.4, -0.2) is 16.7 Å². The molecular weight excluding hydrogens is 330 g/mol. The number of aromatic nitrogens is 1. The first-order valence-electron chi connectivity index (χ1n) is 8.10. The van der Waals surface area contributed by atoms with Crippen molar-refractivity contribution >= 4 is 33.9 Å². The van der Waals surface area contributed by atoms with E-state index in [-0.39, 0.29) is 17.9 Å². The van der Waals surface area contributed by atoms with E-state index in [0.29, 0.717) is 27.6 Å². The zero-order chi connectivity index (χ0) is 17.9. The number of hydrogen-bond donors (Lipinski definition) is 1. The highest BCUT2D eigenvalue weighted by Gasteiger charge is 2.12. The Morgan fingerprint density at radius 3 is 2.27 bits per heavy atom. The van der Waals surface area contributed by atoms with Gasteiger partial charge in [0, 0.05) is 10.8 Å². The number of hydrazone groups is 1. The van der Waals surface area contributed by atoms with Crippen molar-refractivity contribution in [2.24, 2.45) is 5.10 Å². The van der Waals surface area contributed by atoms with Crippen LogP contribution in [0.25, 0.3) is 21.8 Å². The summed E-state index contributed by atoms with van der Waals surface area (Å²) < 4.78 is 6.94. The average molecular weight is 345 g/mol. The highest BCUT2D eigenvalue weighted by atomic mass is 16.3. The number of rotatable bonds is 4. The third-order valence-corrected chi connectivity index (χ3v) is 4.10. The Hall–Kier alpha value is -3.67.